The van der Waals surface area contributed by atoms with E-state index in [2.05, 4.69) is 0 Å². The molecule has 0 unspecified atom stereocenters. The molecule has 0 bridgehead atoms. The summed E-state index contributed by atoms with van der Waals surface area (Å²) in [7, 11) is 0. The number of benzene rings is 1. The molecule has 24 heavy (non-hydrogen) atoms. The summed E-state index contributed by atoms with van der Waals surface area (Å²) in [6.45, 7) is 6.38. The van der Waals surface area contributed by atoms with Crippen LogP contribution in [-0.4, -0.2) is 46.9 Å². The number of carboxylic acid groups (broad SMARTS) is 1. The first kappa shape index (κ1) is 18.0. The Morgan fingerprint density at radius 1 is 1.21 bits per heavy atom. The molecular weight excluding hydrogens is 317 g/mol. The number of carboxylic acids is 1. The van der Waals surface area contributed by atoms with E-state index in [0.29, 0.717) is 25.9 Å². The number of ether oxygens (including phenoxy) is 2. The molecule has 7 heteroatoms. The van der Waals surface area contributed by atoms with Crippen molar-refractivity contribution < 1.29 is 28.6 Å². The largest absolute Gasteiger partial charge is 0.490 e. The van der Waals surface area contributed by atoms with Crippen LogP contribution < -0.4 is 4.74 Å². The molecule has 1 aliphatic heterocycles. The van der Waals surface area contributed by atoms with Gasteiger partial charge >= 0.3 is 12.1 Å². The zero-order valence-electron chi connectivity index (χ0n) is 14.0. The van der Waals surface area contributed by atoms with Crippen molar-refractivity contribution in [2.24, 2.45) is 0 Å². The summed E-state index contributed by atoms with van der Waals surface area (Å²) >= 11 is 0. The maximum absolute atomic E-state index is 13.5. The van der Waals surface area contributed by atoms with Crippen molar-refractivity contribution >= 4 is 12.1 Å². The number of likely N-dealkylation sites (tertiary alicyclic amines) is 1. The summed E-state index contributed by atoms with van der Waals surface area (Å²) in [6.07, 6.45) is 0.572. The molecule has 1 aliphatic rings. The third-order valence-electron chi connectivity index (χ3n) is 3.51. The van der Waals surface area contributed by atoms with Gasteiger partial charge in [-0.2, -0.15) is 0 Å². The van der Waals surface area contributed by atoms with Crippen LogP contribution in [0.25, 0.3) is 0 Å². The number of hydrogen-bond donors (Lipinski definition) is 1. The van der Waals surface area contributed by atoms with Crippen LogP contribution in [0.1, 0.15) is 44.0 Å². The van der Waals surface area contributed by atoms with Gasteiger partial charge in [0.25, 0.3) is 0 Å². The normalized spacial score (nSPS) is 15.9. The van der Waals surface area contributed by atoms with Gasteiger partial charge < -0.3 is 19.5 Å². The molecule has 0 aliphatic carbocycles. The summed E-state index contributed by atoms with van der Waals surface area (Å²) in [4.78, 5) is 24.6. The molecule has 2 rings (SSSR count). The number of aromatic carboxylic acids is 1. The Labute approximate surface area is 140 Å². The van der Waals surface area contributed by atoms with E-state index in [1.807, 2.05) is 20.8 Å². The van der Waals surface area contributed by atoms with Gasteiger partial charge in [-0.1, -0.05) is 0 Å². The lowest BCUT2D eigenvalue weighted by Crippen LogP contribution is -2.44. The second kappa shape index (κ2) is 7.07. The van der Waals surface area contributed by atoms with E-state index < -0.39 is 17.4 Å². The number of rotatable bonds is 3. The van der Waals surface area contributed by atoms with Crippen LogP contribution in [0, 0.1) is 5.82 Å². The highest BCUT2D eigenvalue weighted by atomic mass is 19.1. The number of halogens is 1. The molecule has 1 aromatic carbocycles. The number of hydrogen-bond acceptors (Lipinski definition) is 4. The third-order valence-corrected chi connectivity index (χ3v) is 3.51. The molecule has 1 heterocycles. The fraction of sp³-hybridized carbons (Fsp3) is 0.529. The molecule has 1 saturated heterocycles. The van der Waals surface area contributed by atoms with Crippen molar-refractivity contribution in [1.29, 1.82) is 0 Å². The second-order valence-electron chi connectivity index (χ2n) is 6.77. The molecule has 0 spiro atoms. The lowest BCUT2D eigenvalue weighted by Gasteiger charge is -2.33. The van der Waals surface area contributed by atoms with Crippen LogP contribution in [-0.2, 0) is 4.74 Å². The lowest BCUT2D eigenvalue weighted by molar-refractivity contribution is 0.0126. The monoisotopic (exact) mass is 339 g/mol. The smallest absolute Gasteiger partial charge is 0.410 e. The maximum atomic E-state index is 13.5. The summed E-state index contributed by atoms with van der Waals surface area (Å²) in [5.74, 6) is -1.68. The first-order valence-corrected chi connectivity index (χ1v) is 7.82. The van der Waals surface area contributed by atoms with Gasteiger partial charge in [0.15, 0.2) is 0 Å². The van der Waals surface area contributed by atoms with Crippen LogP contribution >= 0.6 is 0 Å². The molecule has 1 aromatic rings. The zero-order chi connectivity index (χ0) is 17.9. The predicted molar refractivity (Wildman–Crippen MR) is 84.8 cm³/mol. The van der Waals surface area contributed by atoms with Crippen LogP contribution in [0.3, 0.4) is 0 Å². The number of nitrogens with zero attached hydrogens (tertiary/aromatic N) is 1. The van der Waals surface area contributed by atoms with Crippen molar-refractivity contribution in [1.82, 2.24) is 4.90 Å². The van der Waals surface area contributed by atoms with E-state index in [-0.39, 0.29) is 23.5 Å². The quantitative estimate of drug-likeness (QED) is 0.914. The minimum absolute atomic E-state index is 0.156. The van der Waals surface area contributed by atoms with Gasteiger partial charge in [0, 0.05) is 32.0 Å². The Kier molecular flexibility index (Phi) is 5.31. The Morgan fingerprint density at radius 2 is 1.83 bits per heavy atom. The topological polar surface area (TPSA) is 76.1 Å². The standard InChI is InChI=1S/C17H22FNO5/c1-17(2,3)24-16(22)19-6-4-13(5-7-19)23-14-9-11(15(20)21)8-12(18)10-14/h8-10,13H,4-7H2,1-3H3,(H,20,21). The Bertz CT molecular complexity index is 618. The fourth-order valence-electron chi connectivity index (χ4n) is 2.43. The molecule has 1 fully saturated rings. The number of carbonyl (C=O) groups excluding carboxylic acids is 1. The van der Waals surface area contributed by atoms with Crippen LogP contribution in [0.15, 0.2) is 18.2 Å². The molecule has 6 nitrogen and oxygen atoms in total. The van der Waals surface area contributed by atoms with Gasteiger partial charge in [-0.05, 0) is 32.9 Å². The molecule has 132 valence electrons. The first-order valence-electron chi connectivity index (χ1n) is 7.82. The lowest BCUT2D eigenvalue weighted by atomic mass is 10.1. The van der Waals surface area contributed by atoms with Crippen LogP contribution in [0.4, 0.5) is 9.18 Å². The van der Waals surface area contributed by atoms with Gasteiger partial charge in [-0.15, -0.1) is 0 Å². The van der Waals surface area contributed by atoms with E-state index in [9.17, 15) is 14.0 Å². The molecule has 1 N–H and O–H groups in total. The first-order chi connectivity index (χ1) is 11.1. The predicted octanol–water partition coefficient (Wildman–Crippen LogP) is 3.30. The average Bonchev–Trinajstić information content (AvgIpc) is 2.45. The van der Waals surface area contributed by atoms with Crippen LogP contribution in [0.5, 0.6) is 5.75 Å². The summed E-state index contributed by atoms with van der Waals surface area (Å²) in [5.41, 5.74) is -0.699. The van der Waals surface area contributed by atoms with E-state index >= 15 is 0 Å². The fourth-order valence-corrected chi connectivity index (χ4v) is 2.43. The summed E-state index contributed by atoms with van der Waals surface area (Å²) in [5, 5.41) is 8.95. The van der Waals surface area contributed by atoms with Crippen molar-refractivity contribution in [2.75, 3.05) is 13.1 Å². The van der Waals surface area contributed by atoms with Crippen molar-refractivity contribution in [3.63, 3.8) is 0 Å². The van der Waals surface area contributed by atoms with Gasteiger partial charge in [0.05, 0.1) is 5.56 Å². The zero-order valence-corrected chi connectivity index (χ0v) is 14.0. The SMILES string of the molecule is CC(C)(C)OC(=O)N1CCC(Oc2cc(F)cc(C(=O)O)c2)CC1. The highest BCUT2D eigenvalue weighted by Gasteiger charge is 2.27. The van der Waals surface area contributed by atoms with Gasteiger partial charge in [0.1, 0.15) is 23.3 Å². The molecule has 0 radical (unpaired) electrons. The Balaban J connectivity index is 1.92. The number of amides is 1. The number of carbonyl (C=O) groups is 2. The van der Waals surface area contributed by atoms with Gasteiger partial charge in [0.2, 0.25) is 0 Å². The maximum Gasteiger partial charge on any atom is 0.410 e. The van der Waals surface area contributed by atoms with Gasteiger partial charge in [-0.3, -0.25) is 0 Å². The van der Waals surface area contributed by atoms with E-state index in [0.717, 1.165) is 12.1 Å². The van der Waals surface area contributed by atoms with E-state index in [1.165, 1.54) is 6.07 Å². The highest BCUT2D eigenvalue weighted by Crippen LogP contribution is 2.23. The van der Waals surface area contributed by atoms with Crippen molar-refractivity contribution in [3.05, 3.63) is 29.6 Å². The molecule has 0 aromatic heterocycles. The number of piperidine rings is 1. The molecule has 1 amide bonds. The Morgan fingerprint density at radius 3 is 2.38 bits per heavy atom. The molecular formula is C17H22FNO5. The summed E-state index contributed by atoms with van der Waals surface area (Å²) < 4.78 is 24.4. The average molecular weight is 339 g/mol. The molecule has 0 saturated carbocycles. The Hall–Kier alpha value is -2.31. The van der Waals surface area contributed by atoms with Crippen molar-refractivity contribution in [3.8, 4) is 5.75 Å². The van der Waals surface area contributed by atoms with Gasteiger partial charge in [-0.25, -0.2) is 14.0 Å². The minimum atomic E-state index is -1.21. The molecule has 0 atom stereocenters. The summed E-state index contributed by atoms with van der Waals surface area (Å²) in [6, 6.07) is 3.40. The third kappa shape index (κ3) is 5.11. The second-order valence-corrected chi connectivity index (χ2v) is 6.77. The van der Waals surface area contributed by atoms with Crippen molar-refractivity contribution in [2.45, 2.75) is 45.3 Å². The van der Waals surface area contributed by atoms with E-state index in [1.54, 1.807) is 4.90 Å². The highest BCUT2D eigenvalue weighted by molar-refractivity contribution is 5.88. The van der Waals surface area contributed by atoms with Crippen LogP contribution in [0.2, 0.25) is 0 Å². The van der Waals surface area contributed by atoms with E-state index in [4.69, 9.17) is 14.6 Å². The minimum Gasteiger partial charge on any atom is -0.490 e.